The van der Waals surface area contributed by atoms with Crippen LogP contribution in [0.5, 0.6) is 0 Å². The molecule has 2 aromatic rings. The van der Waals surface area contributed by atoms with Crippen molar-refractivity contribution in [2.45, 2.75) is 71.1 Å². The largest absolute Gasteiger partial charge is 0.352 e. The van der Waals surface area contributed by atoms with Crippen LogP contribution < -0.4 is 10.6 Å². The second-order valence-electron chi connectivity index (χ2n) is 9.88. The molecule has 2 N–H and O–H groups in total. The number of imide groups is 1. The highest BCUT2D eigenvalue weighted by molar-refractivity contribution is 6.00. The summed E-state index contributed by atoms with van der Waals surface area (Å²) in [7, 11) is 0. The van der Waals surface area contributed by atoms with Gasteiger partial charge in [0.1, 0.15) is 0 Å². The molecule has 6 nitrogen and oxygen atoms in total. The second-order valence-corrected chi connectivity index (χ2v) is 9.88. The Morgan fingerprint density at radius 1 is 1.03 bits per heavy atom. The van der Waals surface area contributed by atoms with Gasteiger partial charge in [0, 0.05) is 26.1 Å². The van der Waals surface area contributed by atoms with Crippen molar-refractivity contribution >= 4 is 17.7 Å². The summed E-state index contributed by atoms with van der Waals surface area (Å²) in [6.45, 7) is 8.40. The van der Waals surface area contributed by atoms with Gasteiger partial charge in [-0.25, -0.2) is 0 Å². The molecule has 32 heavy (non-hydrogen) atoms. The standard InChI is InChI=1S/C26H31N3O3/c1-26(2,3)21-8-5-17(6-9-21)13-24(31)27-14-18-4-7-19-15-29(16-20(19)12-18)22-10-11-23(30)28-25(22)32/h4-9,12,22H,10-11,13-16H2,1-3H3,(H,27,31)(H,28,30,32). The minimum absolute atomic E-state index is 0.000762. The molecule has 4 rings (SSSR count). The van der Waals surface area contributed by atoms with Gasteiger partial charge in [-0.15, -0.1) is 0 Å². The highest BCUT2D eigenvalue weighted by atomic mass is 16.2. The monoisotopic (exact) mass is 433 g/mol. The molecule has 1 saturated heterocycles. The number of rotatable bonds is 5. The van der Waals surface area contributed by atoms with Crippen LogP contribution in [0.25, 0.3) is 0 Å². The first-order valence-electron chi connectivity index (χ1n) is 11.2. The molecule has 1 unspecified atom stereocenters. The highest BCUT2D eigenvalue weighted by Crippen LogP contribution is 2.28. The Morgan fingerprint density at radius 2 is 1.72 bits per heavy atom. The van der Waals surface area contributed by atoms with E-state index in [2.05, 4.69) is 60.6 Å². The van der Waals surface area contributed by atoms with Crippen molar-refractivity contribution < 1.29 is 14.4 Å². The molecule has 0 aromatic heterocycles. The maximum absolute atomic E-state index is 12.4. The predicted octanol–water partition coefficient (Wildman–Crippen LogP) is 2.96. The SMILES string of the molecule is CC(C)(C)c1ccc(CC(=O)NCc2ccc3c(c2)CN(C2CCC(=O)NC2=O)C3)cc1. The fourth-order valence-electron chi connectivity index (χ4n) is 4.41. The Morgan fingerprint density at radius 3 is 2.41 bits per heavy atom. The van der Waals surface area contributed by atoms with E-state index in [1.165, 1.54) is 16.7 Å². The lowest BCUT2D eigenvalue weighted by Crippen LogP contribution is -2.50. The lowest BCUT2D eigenvalue weighted by Gasteiger charge is -2.29. The van der Waals surface area contributed by atoms with Crippen LogP contribution in [0.4, 0.5) is 0 Å². The third-order valence-electron chi connectivity index (χ3n) is 6.34. The van der Waals surface area contributed by atoms with Gasteiger partial charge in [0.05, 0.1) is 12.5 Å². The van der Waals surface area contributed by atoms with Crippen LogP contribution in [-0.2, 0) is 45.9 Å². The van der Waals surface area contributed by atoms with Crippen molar-refractivity contribution in [3.63, 3.8) is 0 Å². The van der Waals surface area contributed by atoms with Gasteiger partial charge in [-0.05, 0) is 39.7 Å². The molecule has 2 heterocycles. The first kappa shape index (κ1) is 22.2. The molecule has 0 spiro atoms. The molecule has 1 fully saturated rings. The molecule has 168 valence electrons. The van der Waals surface area contributed by atoms with Gasteiger partial charge in [0.2, 0.25) is 17.7 Å². The Hall–Kier alpha value is -2.99. The minimum Gasteiger partial charge on any atom is -0.352 e. The molecule has 1 atom stereocenters. The lowest BCUT2D eigenvalue weighted by molar-refractivity contribution is -0.137. The molecule has 0 bridgehead atoms. The number of amides is 3. The number of hydrogen-bond acceptors (Lipinski definition) is 4. The molecule has 0 aliphatic carbocycles. The van der Waals surface area contributed by atoms with Gasteiger partial charge in [0.25, 0.3) is 0 Å². The van der Waals surface area contributed by atoms with Gasteiger partial charge in [0.15, 0.2) is 0 Å². The third-order valence-corrected chi connectivity index (χ3v) is 6.34. The summed E-state index contributed by atoms with van der Waals surface area (Å²) in [5, 5.41) is 5.46. The van der Waals surface area contributed by atoms with E-state index in [9.17, 15) is 14.4 Å². The Balaban J connectivity index is 1.31. The summed E-state index contributed by atoms with van der Waals surface area (Å²) >= 11 is 0. The van der Waals surface area contributed by atoms with Gasteiger partial charge in [-0.2, -0.15) is 0 Å². The molecule has 0 radical (unpaired) electrons. The van der Waals surface area contributed by atoms with Gasteiger partial charge in [-0.1, -0.05) is 63.2 Å². The summed E-state index contributed by atoms with van der Waals surface area (Å²) in [6.07, 6.45) is 1.32. The first-order chi connectivity index (χ1) is 15.2. The van der Waals surface area contributed by atoms with E-state index in [0.717, 1.165) is 11.1 Å². The molecular formula is C26H31N3O3. The summed E-state index contributed by atoms with van der Waals surface area (Å²) < 4.78 is 0. The fraction of sp³-hybridized carbons (Fsp3) is 0.423. The molecule has 2 aliphatic heterocycles. The number of nitrogens with one attached hydrogen (secondary N) is 2. The van der Waals surface area contributed by atoms with Crippen molar-refractivity contribution in [3.8, 4) is 0 Å². The number of hydrogen-bond donors (Lipinski definition) is 2. The van der Waals surface area contributed by atoms with Crippen LogP contribution in [0.3, 0.4) is 0 Å². The maximum atomic E-state index is 12.4. The zero-order chi connectivity index (χ0) is 22.9. The summed E-state index contributed by atoms with van der Waals surface area (Å²) in [4.78, 5) is 38.1. The molecular weight excluding hydrogens is 402 g/mol. The molecule has 0 saturated carbocycles. The number of nitrogens with zero attached hydrogens (tertiary/aromatic N) is 1. The summed E-state index contributed by atoms with van der Waals surface area (Å²) in [5.41, 5.74) is 5.78. The summed E-state index contributed by atoms with van der Waals surface area (Å²) in [6, 6.07) is 14.2. The minimum atomic E-state index is -0.257. The number of fused-ring (bicyclic) bond motifs is 1. The average molecular weight is 434 g/mol. The van der Waals surface area contributed by atoms with E-state index in [0.29, 0.717) is 38.9 Å². The molecule has 3 amide bonds. The second kappa shape index (κ2) is 8.87. The van der Waals surface area contributed by atoms with E-state index in [-0.39, 0.29) is 29.2 Å². The van der Waals surface area contributed by atoms with E-state index in [4.69, 9.17) is 0 Å². The molecule has 2 aromatic carbocycles. The van der Waals surface area contributed by atoms with Crippen LogP contribution in [0.1, 0.15) is 61.4 Å². The van der Waals surface area contributed by atoms with E-state index >= 15 is 0 Å². The number of carbonyl (C=O) groups excluding carboxylic acids is 3. The third kappa shape index (κ3) is 5.07. The van der Waals surface area contributed by atoms with Crippen molar-refractivity contribution in [2.75, 3.05) is 0 Å². The summed E-state index contributed by atoms with van der Waals surface area (Å²) in [5.74, 6) is -0.387. The number of carbonyl (C=O) groups is 3. The van der Waals surface area contributed by atoms with Gasteiger partial charge >= 0.3 is 0 Å². The zero-order valence-electron chi connectivity index (χ0n) is 19.0. The number of benzene rings is 2. The fourth-order valence-corrected chi connectivity index (χ4v) is 4.41. The highest BCUT2D eigenvalue weighted by Gasteiger charge is 2.34. The van der Waals surface area contributed by atoms with Gasteiger partial charge < -0.3 is 5.32 Å². The molecule has 6 heteroatoms. The van der Waals surface area contributed by atoms with Crippen molar-refractivity contribution in [1.29, 1.82) is 0 Å². The van der Waals surface area contributed by atoms with Crippen molar-refractivity contribution in [2.24, 2.45) is 0 Å². The predicted molar refractivity (Wildman–Crippen MR) is 123 cm³/mol. The van der Waals surface area contributed by atoms with Crippen molar-refractivity contribution in [1.82, 2.24) is 15.5 Å². The van der Waals surface area contributed by atoms with Crippen LogP contribution in [0, 0.1) is 0 Å². The maximum Gasteiger partial charge on any atom is 0.243 e. The topological polar surface area (TPSA) is 78.5 Å². The van der Waals surface area contributed by atoms with E-state index in [1.807, 2.05) is 18.2 Å². The van der Waals surface area contributed by atoms with Crippen LogP contribution in [0.2, 0.25) is 0 Å². The first-order valence-corrected chi connectivity index (χ1v) is 11.2. The Labute approximate surface area is 189 Å². The lowest BCUT2D eigenvalue weighted by atomic mass is 9.86. The quantitative estimate of drug-likeness (QED) is 0.711. The van der Waals surface area contributed by atoms with E-state index in [1.54, 1.807) is 0 Å². The average Bonchev–Trinajstić information content (AvgIpc) is 3.15. The Kier molecular flexibility index (Phi) is 6.15. The van der Waals surface area contributed by atoms with Gasteiger partial charge in [-0.3, -0.25) is 24.6 Å². The smallest absolute Gasteiger partial charge is 0.243 e. The van der Waals surface area contributed by atoms with E-state index < -0.39 is 0 Å². The normalized spacial score (nSPS) is 18.9. The zero-order valence-corrected chi connectivity index (χ0v) is 19.0. The van der Waals surface area contributed by atoms with Crippen LogP contribution in [0.15, 0.2) is 42.5 Å². The number of piperidine rings is 1. The molecule has 2 aliphatic rings. The van der Waals surface area contributed by atoms with Crippen LogP contribution in [-0.4, -0.2) is 28.7 Å². The van der Waals surface area contributed by atoms with Crippen molar-refractivity contribution in [3.05, 3.63) is 70.3 Å². The van der Waals surface area contributed by atoms with Crippen LogP contribution >= 0.6 is 0 Å². The Bertz CT molecular complexity index is 1040.